The molecule has 0 saturated heterocycles. The van der Waals surface area contributed by atoms with Crippen LogP contribution in [0.15, 0.2) is 10.9 Å². The Kier molecular flexibility index (Phi) is 4.03. The molecule has 0 saturated carbocycles. The van der Waals surface area contributed by atoms with Gasteiger partial charge in [-0.3, -0.25) is 9.59 Å². The first-order valence-electron chi connectivity index (χ1n) is 4.48. The van der Waals surface area contributed by atoms with Crippen LogP contribution in [0.5, 0.6) is 0 Å². The maximum Gasteiger partial charge on any atom is 0.432 e. The molecule has 19 heavy (non-hydrogen) atoms. The molecule has 0 spiro atoms. The van der Waals surface area contributed by atoms with E-state index in [2.05, 4.69) is 0 Å². The summed E-state index contributed by atoms with van der Waals surface area (Å²) in [5, 5.41) is -1.26. The number of aromatic nitrogens is 1. The number of nitrogens with one attached hydrogen (secondary N) is 1. The minimum atomic E-state index is -5.28. The molecule has 0 atom stereocenters. The van der Waals surface area contributed by atoms with Gasteiger partial charge >= 0.3 is 12.4 Å². The van der Waals surface area contributed by atoms with Gasteiger partial charge < -0.3 is 4.98 Å². The van der Waals surface area contributed by atoms with Gasteiger partial charge in [-0.15, -0.1) is 0 Å². The summed E-state index contributed by atoms with van der Waals surface area (Å²) in [5.41, 5.74) is -6.82. The van der Waals surface area contributed by atoms with Crippen molar-refractivity contribution < 1.29 is 31.1 Å². The van der Waals surface area contributed by atoms with Crippen molar-refractivity contribution >= 4 is 16.9 Å². The van der Waals surface area contributed by atoms with Gasteiger partial charge in [0, 0.05) is 6.07 Å². The Morgan fingerprint density at radius 3 is 2.05 bits per heavy atom. The largest absolute Gasteiger partial charge is 0.432 e. The van der Waals surface area contributed by atoms with Crippen molar-refractivity contribution in [3.63, 3.8) is 0 Å². The minimum absolute atomic E-state index is 0.0707. The first kappa shape index (κ1) is 15.6. The number of pyridine rings is 1. The zero-order chi connectivity index (χ0) is 15.0. The van der Waals surface area contributed by atoms with Crippen LogP contribution in [-0.4, -0.2) is 16.4 Å². The zero-order valence-corrected chi connectivity index (χ0v) is 9.89. The highest BCUT2D eigenvalue weighted by atomic mass is 32.2. The standard InChI is InChI=1S/C9H5F6NO2S/c1-19-7(18)5-3(17)2-4(8(10,11)12)16-6(5)9(13,14)15/h2H,1H3,(H,16,17). The molecule has 1 aromatic rings. The molecule has 1 aromatic heterocycles. The van der Waals surface area contributed by atoms with E-state index in [-0.39, 0.29) is 6.07 Å². The molecular weight excluding hydrogens is 300 g/mol. The van der Waals surface area contributed by atoms with E-state index < -0.39 is 39.8 Å². The van der Waals surface area contributed by atoms with Crippen LogP contribution in [0.25, 0.3) is 0 Å². The van der Waals surface area contributed by atoms with Crippen LogP contribution < -0.4 is 5.43 Å². The smallest absolute Gasteiger partial charge is 0.347 e. The van der Waals surface area contributed by atoms with Crippen molar-refractivity contribution in [2.24, 2.45) is 0 Å². The fourth-order valence-corrected chi connectivity index (χ4v) is 1.64. The average molecular weight is 305 g/mol. The molecule has 0 aliphatic rings. The van der Waals surface area contributed by atoms with Gasteiger partial charge in [0.05, 0.1) is 0 Å². The van der Waals surface area contributed by atoms with Crippen LogP contribution in [0.3, 0.4) is 0 Å². The quantitative estimate of drug-likeness (QED) is 0.812. The van der Waals surface area contributed by atoms with E-state index in [1.54, 1.807) is 0 Å². The fourth-order valence-electron chi connectivity index (χ4n) is 1.23. The van der Waals surface area contributed by atoms with Gasteiger partial charge in [0.25, 0.3) is 0 Å². The SMILES string of the molecule is CSC(=O)c1c(C(F)(F)F)[nH]c(C(F)(F)F)cc1=O. The summed E-state index contributed by atoms with van der Waals surface area (Å²) in [6.45, 7) is 0. The predicted octanol–water partition coefficient (Wildman–Crippen LogP) is 2.92. The molecule has 0 radical (unpaired) electrons. The lowest BCUT2D eigenvalue weighted by atomic mass is 10.1. The van der Waals surface area contributed by atoms with Crippen LogP contribution in [0.2, 0.25) is 0 Å². The predicted molar refractivity (Wildman–Crippen MR) is 54.9 cm³/mol. The summed E-state index contributed by atoms with van der Waals surface area (Å²) in [6, 6.07) is -0.0707. The van der Waals surface area contributed by atoms with E-state index in [9.17, 15) is 35.9 Å². The van der Waals surface area contributed by atoms with Crippen LogP contribution in [-0.2, 0) is 12.4 Å². The Morgan fingerprint density at radius 1 is 1.16 bits per heavy atom. The lowest BCUT2D eigenvalue weighted by molar-refractivity contribution is -0.150. The molecule has 0 amide bonds. The van der Waals surface area contributed by atoms with Crippen molar-refractivity contribution in [2.45, 2.75) is 12.4 Å². The zero-order valence-electron chi connectivity index (χ0n) is 9.07. The molecule has 0 aliphatic heterocycles. The molecule has 10 heteroatoms. The van der Waals surface area contributed by atoms with E-state index in [1.807, 2.05) is 0 Å². The molecule has 0 bridgehead atoms. The van der Waals surface area contributed by atoms with Crippen LogP contribution in [0, 0.1) is 0 Å². The Morgan fingerprint density at radius 2 is 1.68 bits per heavy atom. The third-order valence-corrected chi connectivity index (χ3v) is 2.58. The van der Waals surface area contributed by atoms with Crippen molar-refractivity contribution in [3.05, 3.63) is 33.2 Å². The number of rotatable bonds is 1. The summed E-state index contributed by atoms with van der Waals surface area (Å²) in [7, 11) is 0. The number of aromatic amines is 1. The Labute approximate surface area is 106 Å². The molecule has 1 heterocycles. The number of hydrogen-bond donors (Lipinski definition) is 1. The number of thioether (sulfide) groups is 1. The van der Waals surface area contributed by atoms with E-state index in [0.29, 0.717) is 11.8 Å². The van der Waals surface area contributed by atoms with Crippen molar-refractivity contribution in [2.75, 3.05) is 6.26 Å². The third kappa shape index (κ3) is 3.31. The summed E-state index contributed by atoms with van der Waals surface area (Å²) in [5.74, 6) is 0. The number of halogens is 6. The van der Waals surface area contributed by atoms with Gasteiger partial charge in [-0.2, -0.15) is 26.3 Å². The molecule has 1 N–H and O–H groups in total. The van der Waals surface area contributed by atoms with Crippen LogP contribution in [0.4, 0.5) is 26.3 Å². The summed E-state index contributed by atoms with van der Waals surface area (Å²) >= 11 is 0.296. The van der Waals surface area contributed by atoms with Crippen LogP contribution in [0.1, 0.15) is 21.7 Å². The third-order valence-electron chi connectivity index (χ3n) is 2.01. The highest BCUT2D eigenvalue weighted by Gasteiger charge is 2.41. The fraction of sp³-hybridized carbons (Fsp3) is 0.333. The summed E-state index contributed by atoms with van der Waals surface area (Å²) < 4.78 is 74.8. The molecule has 3 nitrogen and oxygen atoms in total. The minimum Gasteiger partial charge on any atom is -0.347 e. The number of alkyl halides is 6. The molecule has 0 aromatic carbocycles. The summed E-state index contributed by atoms with van der Waals surface area (Å²) in [4.78, 5) is 23.6. The topological polar surface area (TPSA) is 49.9 Å². The first-order chi connectivity index (χ1) is 8.48. The van der Waals surface area contributed by atoms with Gasteiger partial charge in [-0.1, -0.05) is 11.8 Å². The lowest BCUT2D eigenvalue weighted by Crippen LogP contribution is -2.26. The Hall–Kier alpha value is -1.45. The van der Waals surface area contributed by atoms with Gasteiger partial charge in [0.2, 0.25) is 5.12 Å². The normalized spacial score (nSPS) is 12.6. The van der Waals surface area contributed by atoms with Crippen LogP contribution >= 0.6 is 11.8 Å². The van der Waals surface area contributed by atoms with Gasteiger partial charge in [0.1, 0.15) is 17.0 Å². The van der Waals surface area contributed by atoms with Crippen molar-refractivity contribution in [1.29, 1.82) is 0 Å². The van der Waals surface area contributed by atoms with Gasteiger partial charge in [0.15, 0.2) is 5.43 Å². The Bertz CT molecular complexity index is 559. The van der Waals surface area contributed by atoms with E-state index >= 15 is 0 Å². The highest BCUT2D eigenvalue weighted by molar-refractivity contribution is 8.13. The van der Waals surface area contributed by atoms with Gasteiger partial charge in [-0.05, 0) is 6.26 Å². The number of hydrogen-bond acceptors (Lipinski definition) is 3. The van der Waals surface area contributed by atoms with E-state index in [1.165, 1.54) is 0 Å². The lowest BCUT2D eigenvalue weighted by Gasteiger charge is -2.14. The summed E-state index contributed by atoms with van der Waals surface area (Å²) in [6.07, 6.45) is -9.32. The second-order valence-corrected chi connectivity index (χ2v) is 4.06. The molecule has 106 valence electrons. The van der Waals surface area contributed by atoms with E-state index in [4.69, 9.17) is 0 Å². The molecule has 0 unspecified atom stereocenters. The maximum absolute atomic E-state index is 12.6. The number of carbonyl (C=O) groups is 1. The van der Waals surface area contributed by atoms with Crippen molar-refractivity contribution in [1.82, 2.24) is 4.98 Å². The van der Waals surface area contributed by atoms with Crippen molar-refractivity contribution in [3.8, 4) is 0 Å². The second-order valence-electron chi connectivity index (χ2n) is 3.28. The average Bonchev–Trinajstić information content (AvgIpc) is 2.24. The number of H-pyrrole nitrogens is 1. The molecule has 1 rings (SSSR count). The Balaban J connectivity index is 3.68. The number of carbonyl (C=O) groups excluding carboxylic acids is 1. The maximum atomic E-state index is 12.6. The highest BCUT2D eigenvalue weighted by Crippen LogP contribution is 2.34. The second kappa shape index (κ2) is 4.91. The monoisotopic (exact) mass is 305 g/mol. The first-order valence-corrected chi connectivity index (χ1v) is 5.71. The van der Waals surface area contributed by atoms with Gasteiger partial charge in [-0.25, -0.2) is 0 Å². The van der Waals surface area contributed by atoms with E-state index in [0.717, 1.165) is 11.2 Å². The molecule has 0 aliphatic carbocycles. The molecular formula is C9H5F6NO2S. The molecule has 0 fully saturated rings.